The Morgan fingerprint density at radius 3 is 2.50 bits per heavy atom. The Bertz CT molecular complexity index is 993. The minimum absolute atomic E-state index is 0.180. The van der Waals surface area contributed by atoms with Crippen LogP contribution in [0.5, 0.6) is 0 Å². The lowest BCUT2D eigenvalue weighted by Gasteiger charge is -1.99. The zero-order valence-electron chi connectivity index (χ0n) is 11.4. The SMILES string of the molecule is O=c1cc(-c2ccccc2)sc2nc(-c3ccncc3)nn12. The second-order valence-electron chi connectivity index (χ2n) is 4.68. The molecule has 4 aromatic rings. The van der Waals surface area contributed by atoms with Gasteiger partial charge in [0.15, 0.2) is 5.82 Å². The van der Waals surface area contributed by atoms with Gasteiger partial charge in [0, 0.05) is 28.9 Å². The fraction of sp³-hybridized carbons (Fsp3) is 0. The molecule has 6 heteroatoms. The van der Waals surface area contributed by atoms with Crippen LogP contribution in [0.2, 0.25) is 0 Å². The molecule has 0 saturated heterocycles. The monoisotopic (exact) mass is 306 g/mol. The normalized spacial score (nSPS) is 10.9. The first-order chi connectivity index (χ1) is 10.8. The minimum atomic E-state index is -0.180. The number of hydrogen-bond donors (Lipinski definition) is 0. The first kappa shape index (κ1) is 12.8. The van der Waals surface area contributed by atoms with E-state index in [0.29, 0.717) is 10.8 Å². The van der Waals surface area contributed by atoms with Crippen molar-refractivity contribution in [2.24, 2.45) is 0 Å². The molecule has 0 amide bonds. The summed E-state index contributed by atoms with van der Waals surface area (Å²) in [5.74, 6) is 0.529. The van der Waals surface area contributed by atoms with Crippen LogP contribution in [0.4, 0.5) is 0 Å². The molecule has 5 nitrogen and oxygen atoms in total. The molecule has 0 fully saturated rings. The average molecular weight is 306 g/mol. The van der Waals surface area contributed by atoms with Crippen LogP contribution in [-0.4, -0.2) is 19.6 Å². The number of benzene rings is 1. The standard InChI is InChI=1S/C16H10N4OS/c21-14-10-13(11-4-2-1-3-5-11)22-16-18-15(19-20(14)16)12-6-8-17-9-7-12/h1-10H. The lowest BCUT2D eigenvalue weighted by atomic mass is 10.2. The highest BCUT2D eigenvalue weighted by Crippen LogP contribution is 2.25. The highest BCUT2D eigenvalue weighted by atomic mass is 32.1. The summed E-state index contributed by atoms with van der Waals surface area (Å²) in [6.45, 7) is 0. The second-order valence-corrected chi connectivity index (χ2v) is 5.69. The highest BCUT2D eigenvalue weighted by Gasteiger charge is 2.11. The van der Waals surface area contributed by atoms with E-state index < -0.39 is 0 Å². The summed E-state index contributed by atoms with van der Waals surface area (Å²) in [6.07, 6.45) is 3.36. The van der Waals surface area contributed by atoms with E-state index in [-0.39, 0.29) is 5.56 Å². The summed E-state index contributed by atoms with van der Waals surface area (Å²) in [6, 6.07) is 15.0. The van der Waals surface area contributed by atoms with Gasteiger partial charge >= 0.3 is 0 Å². The van der Waals surface area contributed by atoms with Crippen LogP contribution in [0, 0.1) is 0 Å². The molecule has 0 N–H and O–H groups in total. The van der Waals surface area contributed by atoms with E-state index in [1.807, 2.05) is 42.5 Å². The molecule has 1 aromatic carbocycles. The molecular weight excluding hydrogens is 296 g/mol. The van der Waals surface area contributed by atoms with Crippen molar-refractivity contribution in [1.29, 1.82) is 0 Å². The fourth-order valence-electron chi connectivity index (χ4n) is 2.18. The zero-order valence-corrected chi connectivity index (χ0v) is 12.2. The molecule has 0 aliphatic carbocycles. The van der Waals surface area contributed by atoms with E-state index in [0.717, 1.165) is 16.0 Å². The van der Waals surface area contributed by atoms with E-state index in [4.69, 9.17) is 0 Å². The number of aromatic nitrogens is 4. The third-order valence-corrected chi connectivity index (χ3v) is 4.26. The smallest absolute Gasteiger partial charge is 0.267 e. The van der Waals surface area contributed by atoms with Gasteiger partial charge in [0.1, 0.15) is 0 Å². The topological polar surface area (TPSA) is 60.2 Å². The number of rotatable bonds is 2. The van der Waals surface area contributed by atoms with Gasteiger partial charge in [-0.25, -0.2) is 0 Å². The molecule has 22 heavy (non-hydrogen) atoms. The van der Waals surface area contributed by atoms with Crippen molar-refractivity contribution in [2.45, 2.75) is 0 Å². The van der Waals surface area contributed by atoms with Crippen LogP contribution in [0.1, 0.15) is 0 Å². The van der Waals surface area contributed by atoms with Crippen molar-refractivity contribution in [3.63, 3.8) is 0 Å². The first-order valence-corrected chi connectivity index (χ1v) is 7.50. The Hall–Kier alpha value is -2.86. The van der Waals surface area contributed by atoms with Gasteiger partial charge in [-0.3, -0.25) is 9.78 Å². The highest BCUT2D eigenvalue weighted by molar-refractivity contribution is 7.19. The lowest BCUT2D eigenvalue weighted by Crippen LogP contribution is -2.11. The van der Waals surface area contributed by atoms with Crippen LogP contribution in [0.15, 0.2) is 65.7 Å². The van der Waals surface area contributed by atoms with Crippen molar-refractivity contribution in [2.75, 3.05) is 0 Å². The predicted molar refractivity (Wildman–Crippen MR) is 85.8 cm³/mol. The molecule has 0 spiro atoms. The summed E-state index contributed by atoms with van der Waals surface area (Å²) in [4.78, 5) is 22.2. The molecule has 0 aliphatic heterocycles. The largest absolute Gasteiger partial charge is 0.275 e. The molecule has 3 aromatic heterocycles. The van der Waals surface area contributed by atoms with Crippen LogP contribution in [-0.2, 0) is 0 Å². The maximum absolute atomic E-state index is 12.3. The Balaban J connectivity index is 1.91. The van der Waals surface area contributed by atoms with Crippen LogP contribution in [0.3, 0.4) is 0 Å². The number of hydrogen-bond acceptors (Lipinski definition) is 5. The molecule has 3 heterocycles. The maximum Gasteiger partial charge on any atom is 0.275 e. The van der Waals surface area contributed by atoms with Crippen LogP contribution < -0.4 is 5.56 Å². The molecule has 4 rings (SSSR count). The zero-order chi connectivity index (χ0) is 14.9. The van der Waals surface area contributed by atoms with E-state index in [1.165, 1.54) is 15.9 Å². The van der Waals surface area contributed by atoms with Crippen LogP contribution >= 0.6 is 11.3 Å². The fourth-order valence-corrected chi connectivity index (χ4v) is 3.14. The average Bonchev–Trinajstić information content (AvgIpc) is 3.01. The molecule has 0 aliphatic rings. The summed E-state index contributed by atoms with van der Waals surface area (Å²) in [5.41, 5.74) is 1.66. The van der Waals surface area contributed by atoms with E-state index in [2.05, 4.69) is 15.1 Å². The molecule has 0 radical (unpaired) electrons. The third-order valence-electron chi connectivity index (χ3n) is 3.24. The number of nitrogens with zero attached hydrogens (tertiary/aromatic N) is 4. The number of pyridine rings is 1. The Morgan fingerprint density at radius 2 is 1.73 bits per heavy atom. The minimum Gasteiger partial charge on any atom is -0.267 e. The van der Waals surface area contributed by atoms with E-state index >= 15 is 0 Å². The first-order valence-electron chi connectivity index (χ1n) is 6.68. The van der Waals surface area contributed by atoms with Gasteiger partial charge in [-0.1, -0.05) is 41.7 Å². The van der Waals surface area contributed by atoms with Gasteiger partial charge < -0.3 is 0 Å². The van der Waals surface area contributed by atoms with Crippen molar-refractivity contribution in [3.05, 3.63) is 71.3 Å². The molecule has 106 valence electrons. The third kappa shape index (κ3) is 2.19. The predicted octanol–water partition coefficient (Wildman–Crippen LogP) is 2.88. The molecule has 0 atom stereocenters. The molecule has 0 saturated carbocycles. The lowest BCUT2D eigenvalue weighted by molar-refractivity contribution is 0.933. The van der Waals surface area contributed by atoms with E-state index in [9.17, 15) is 4.79 Å². The van der Waals surface area contributed by atoms with Gasteiger partial charge in [-0.2, -0.15) is 9.50 Å². The van der Waals surface area contributed by atoms with Gasteiger partial charge in [-0.15, -0.1) is 5.10 Å². The van der Waals surface area contributed by atoms with Crippen molar-refractivity contribution in [3.8, 4) is 21.8 Å². The quantitative estimate of drug-likeness (QED) is 0.571. The van der Waals surface area contributed by atoms with Crippen molar-refractivity contribution in [1.82, 2.24) is 19.6 Å². The van der Waals surface area contributed by atoms with E-state index in [1.54, 1.807) is 18.5 Å². The Kier molecular flexibility index (Phi) is 3.01. The second kappa shape index (κ2) is 5.16. The van der Waals surface area contributed by atoms with Gasteiger partial charge in [0.25, 0.3) is 5.56 Å². The summed E-state index contributed by atoms with van der Waals surface area (Å²) >= 11 is 1.44. The maximum atomic E-state index is 12.3. The molecule has 0 unspecified atom stereocenters. The van der Waals surface area contributed by atoms with Gasteiger partial charge in [0.2, 0.25) is 4.96 Å². The summed E-state index contributed by atoms with van der Waals surface area (Å²) < 4.78 is 1.34. The van der Waals surface area contributed by atoms with Crippen LogP contribution in [0.25, 0.3) is 26.8 Å². The molecular formula is C16H10N4OS. The molecule has 0 bridgehead atoms. The summed E-state index contributed by atoms with van der Waals surface area (Å²) in [7, 11) is 0. The Morgan fingerprint density at radius 1 is 0.955 bits per heavy atom. The van der Waals surface area contributed by atoms with Gasteiger partial charge in [-0.05, 0) is 17.7 Å². The van der Waals surface area contributed by atoms with Crippen molar-refractivity contribution >= 4 is 16.3 Å². The number of fused-ring (bicyclic) bond motifs is 1. The van der Waals surface area contributed by atoms with Crippen molar-refractivity contribution < 1.29 is 0 Å². The van der Waals surface area contributed by atoms with Gasteiger partial charge in [0.05, 0.1) is 0 Å². The summed E-state index contributed by atoms with van der Waals surface area (Å²) in [5, 5.41) is 4.29. The Labute approximate surface area is 129 Å².